The van der Waals surface area contributed by atoms with E-state index in [0.717, 1.165) is 0 Å². The highest BCUT2D eigenvalue weighted by Gasteiger charge is 2.24. The number of esters is 2. The van der Waals surface area contributed by atoms with Gasteiger partial charge in [0.15, 0.2) is 0 Å². The lowest BCUT2D eigenvalue weighted by molar-refractivity contribution is -0.150. The first kappa shape index (κ1) is 20.1. The SMILES string of the molecule is CC(C)OC(=O)C(=Cc1cc(=O)[nH]nc1-c1ccccc1)C(=O)OC(C)C. The zero-order valence-corrected chi connectivity index (χ0v) is 15.7. The Balaban J connectivity index is 2.58. The Morgan fingerprint density at radius 3 is 2.07 bits per heavy atom. The molecule has 27 heavy (non-hydrogen) atoms. The van der Waals surface area contributed by atoms with Crippen LogP contribution in [0, 0.1) is 0 Å². The summed E-state index contributed by atoms with van der Waals surface area (Å²) >= 11 is 0. The smallest absolute Gasteiger partial charge is 0.345 e. The maximum absolute atomic E-state index is 12.4. The molecule has 0 radical (unpaired) electrons. The molecule has 0 fully saturated rings. The highest BCUT2D eigenvalue weighted by molar-refractivity contribution is 6.18. The maximum Gasteiger partial charge on any atom is 0.345 e. The van der Waals surface area contributed by atoms with E-state index in [1.165, 1.54) is 12.1 Å². The summed E-state index contributed by atoms with van der Waals surface area (Å²) in [5.74, 6) is -1.65. The Morgan fingerprint density at radius 1 is 1.00 bits per heavy atom. The second kappa shape index (κ2) is 8.93. The normalized spacial score (nSPS) is 10.6. The van der Waals surface area contributed by atoms with Gasteiger partial charge in [-0.3, -0.25) is 4.79 Å². The minimum Gasteiger partial charge on any atom is -0.459 e. The first-order chi connectivity index (χ1) is 12.8. The summed E-state index contributed by atoms with van der Waals surface area (Å²) in [5, 5.41) is 6.42. The van der Waals surface area contributed by atoms with E-state index in [-0.39, 0.29) is 5.57 Å². The quantitative estimate of drug-likeness (QED) is 0.363. The number of rotatable bonds is 6. The molecule has 0 aliphatic rings. The lowest BCUT2D eigenvalue weighted by Gasteiger charge is -2.13. The van der Waals surface area contributed by atoms with Crippen LogP contribution in [-0.2, 0) is 19.1 Å². The molecule has 0 saturated heterocycles. The van der Waals surface area contributed by atoms with Crippen molar-refractivity contribution in [2.24, 2.45) is 0 Å². The van der Waals surface area contributed by atoms with Crippen LogP contribution in [0.1, 0.15) is 33.3 Å². The van der Waals surface area contributed by atoms with Gasteiger partial charge in [-0.25, -0.2) is 14.7 Å². The Labute approximate surface area is 157 Å². The van der Waals surface area contributed by atoms with Crippen LogP contribution in [0.2, 0.25) is 0 Å². The van der Waals surface area contributed by atoms with Crippen molar-refractivity contribution < 1.29 is 19.1 Å². The third-order valence-corrected chi connectivity index (χ3v) is 3.31. The number of aromatic nitrogens is 2. The summed E-state index contributed by atoms with van der Waals surface area (Å²) in [6.07, 6.45) is 0.442. The highest BCUT2D eigenvalue weighted by atomic mass is 16.6. The summed E-state index contributed by atoms with van der Waals surface area (Å²) in [6, 6.07) is 10.3. The van der Waals surface area contributed by atoms with Crippen LogP contribution >= 0.6 is 0 Å². The summed E-state index contributed by atoms with van der Waals surface area (Å²) in [7, 11) is 0. The number of carbonyl (C=O) groups is 2. The summed E-state index contributed by atoms with van der Waals surface area (Å²) in [5.41, 5.74) is 0.675. The molecule has 142 valence electrons. The summed E-state index contributed by atoms with van der Waals surface area (Å²) < 4.78 is 10.3. The third-order valence-electron chi connectivity index (χ3n) is 3.31. The molecular weight excluding hydrogens is 348 g/mol. The number of carbonyl (C=O) groups excluding carboxylic acids is 2. The van der Waals surface area contributed by atoms with Crippen molar-refractivity contribution in [2.45, 2.75) is 39.9 Å². The van der Waals surface area contributed by atoms with Gasteiger partial charge in [-0.1, -0.05) is 30.3 Å². The van der Waals surface area contributed by atoms with E-state index in [2.05, 4.69) is 10.2 Å². The van der Waals surface area contributed by atoms with Crippen LogP contribution in [0.4, 0.5) is 0 Å². The van der Waals surface area contributed by atoms with Crippen LogP contribution < -0.4 is 5.56 Å². The van der Waals surface area contributed by atoms with Gasteiger partial charge in [0.2, 0.25) is 0 Å². The average molecular weight is 370 g/mol. The van der Waals surface area contributed by atoms with Crippen molar-refractivity contribution >= 4 is 18.0 Å². The van der Waals surface area contributed by atoms with E-state index < -0.39 is 29.7 Å². The average Bonchev–Trinajstić information content (AvgIpc) is 2.59. The van der Waals surface area contributed by atoms with Crippen LogP contribution in [0.15, 0.2) is 46.8 Å². The Kier molecular flexibility index (Phi) is 6.65. The first-order valence-electron chi connectivity index (χ1n) is 8.56. The number of H-pyrrole nitrogens is 1. The van der Waals surface area contributed by atoms with Gasteiger partial charge in [0.05, 0.1) is 17.9 Å². The zero-order chi connectivity index (χ0) is 20.0. The van der Waals surface area contributed by atoms with Gasteiger partial charge in [-0.15, -0.1) is 0 Å². The van der Waals surface area contributed by atoms with E-state index in [1.54, 1.807) is 39.8 Å². The molecule has 0 atom stereocenters. The number of nitrogens with one attached hydrogen (secondary N) is 1. The Hall–Kier alpha value is -3.22. The minimum atomic E-state index is -0.824. The van der Waals surface area contributed by atoms with Gasteiger partial charge in [0.25, 0.3) is 5.56 Å². The molecule has 1 N–H and O–H groups in total. The molecule has 1 aromatic carbocycles. The van der Waals surface area contributed by atoms with Gasteiger partial charge in [0.1, 0.15) is 5.57 Å². The predicted octanol–water partition coefficient (Wildman–Crippen LogP) is 2.72. The molecule has 0 saturated carbocycles. The number of nitrogens with zero attached hydrogens (tertiary/aromatic N) is 1. The molecule has 1 aromatic heterocycles. The summed E-state index contributed by atoms with van der Waals surface area (Å²) in [6.45, 7) is 6.70. The molecule has 1 heterocycles. The van der Waals surface area contributed by atoms with Crippen molar-refractivity contribution in [3.05, 3.63) is 57.9 Å². The maximum atomic E-state index is 12.4. The van der Waals surface area contributed by atoms with Crippen molar-refractivity contribution in [1.29, 1.82) is 0 Å². The molecule has 7 nitrogen and oxygen atoms in total. The fraction of sp³-hybridized carbons (Fsp3) is 0.300. The van der Waals surface area contributed by atoms with Gasteiger partial charge in [0, 0.05) is 17.2 Å². The molecule has 0 bridgehead atoms. The molecule has 2 aromatic rings. The zero-order valence-electron chi connectivity index (χ0n) is 15.7. The number of benzene rings is 1. The van der Waals surface area contributed by atoms with Crippen molar-refractivity contribution in [3.63, 3.8) is 0 Å². The van der Waals surface area contributed by atoms with E-state index >= 15 is 0 Å². The lowest BCUT2D eigenvalue weighted by atomic mass is 10.0. The molecule has 0 aliphatic carbocycles. The monoisotopic (exact) mass is 370 g/mol. The molecule has 0 aliphatic heterocycles. The van der Waals surface area contributed by atoms with E-state index in [1.807, 2.05) is 18.2 Å². The van der Waals surface area contributed by atoms with Crippen molar-refractivity contribution in [2.75, 3.05) is 0 Å². The number of ether oxygens (including phenoxy) is 2. The second-order valence-electron chi connectivity index (χ2n) is 6.37. The first-order valence-corrected chi connectivity index (χ1v) is 8.56. The molecule has 0 unspecified atom stereocenters. The van der Waals surface area contributed by atoms with E-state index in [9.17, 15) is 14.4 Å². The number of aromatic amines is 1. The highest BCUT2D eigenvalue weighted by Crippen LogP contribution is 2.22. The minimum absolute atomic E-state index is 0.304. The molecular formula is C20H22N2O5. The fourth-order valence-corrected chi connectivity index (χ4v) is 2.27. The fourth-order valence-electron chi connectivity index (χ4n) is 2.27. The molecule has 0 spiro atoms. The number of hydrogen-bond donors (Lipinski definition) is 1. The second-order valence-corrected chi connectivity index (χ2v) is 6.37. The van der Waals surface area contributed by atoms with Gasteiger partial charge in [-0.05, 0) is 33.8 Å². The number of hydrogen-bond acceptors (Lipinski definition) is 6. The Morgan fingerprint density at radius 2 is 1.56 bits per heavy atom. The van der Waals surface area contributed by atoms with Crippen molar-refractivity contribution in [3.8, 4) is 11.3 Å². The van der Waals surface area contributed by atoms with Crippen LogP contribution in [-0.4, -0.2) is 34.3 Å². The molecule has 2 rings (SSSR count). The van der Waals surface area contributed by atoms with E-state index in [0.29, 0.717) is 16.8 Å². The van der Waals surface area contributed by atoms with Gasteiger partial charge in [-0.2, -0.15) is 5.10 Å². The molecule has 7 heteroatoms. The topological polar surface area (TPSA) is 98.4 Å². The molecule has 0 amide bonds. The largest absolute Gasteiger partial charge is 0.459 e. The third kappa shape index (κ3) is 5.64. The van der Waals surface area contributed by atoms with Gasteiger partial charge < -0.3 is 9.47 Å². The predicted molar refractivity (Wildman–Crippen MR) is 101 cm³/mol. The summed E-state index contributed by atoms with van der Waals surface area (Å²) in [4.78, 5) is 36.6. The lowest BCUT2D eigenvalue weighted by Crippen LogP contribution is -2.23. The van der Waals surface area contributed by atoms with Crippen LogP contribution in [0.5, 0.6) is 0 Å². The standard InChI is InChI=1S/C20H22N2O5/c1-12(2)26-19(24)16(20(25)27-13(3)4)10-15-11-17(23)21-22-18(15)14-8-6-5-7-9-14/h5-13H,1-4H3,(H,21,23). The van der Waals surface area contributed by atoms with E-state index in [4.69, 9.17) is 9.47 Å². The Bertz CT molecular complexity index is 874. The van der Waals surface area contributed by atoms with Crippen LogP contribution in [0.25, 0.3) is 17.3 Å². The van der Waals surface area contributed by atoms with Crippen molar-refractivity contribution in [1.82, 2.24) is 10.2 Å². The van der Waals surface area contributed by atoms with Gasteiger partial charge >= 0.3 is 11.9 Å². The van der Waals surface area contributed by atoms with Crippen LogP contribution in [0.3, 0.4) is 0 Å².